The summed E-state index contributed by atoms with van der Waals surface area (Å²) in [6.45, 7) is 4.31. The van der Waals surface area contributed by atoms with E-state index in [1.54, 1.807) is 17.4 Å². The Hall–Kier alpha value is -1.77. The number of nitrogens with zero attached hydrogens (tertiary/aromatic N) is 2. The first-order valence-electron chi connectivity index (χ1n) is 5.94. The Kier molecular flexibility index (Phi) is 4.25. The molecule has 1 atom stereocenters. The van der Waals surface area contributed by atoms with Gasteiger partial charge in [-0.2, -0.15) is 5.26 Å². The van der Waals surface area contributed by atoms with Crippen LogP contribution in [0.3, 0.4) is 0 Å². The molecule has 2 rings (SSSR count). The Balaban J connectivity index is 2.04. The number of halogens is 1. The van der Waals surface area contributed by atoms with Gasteiger partial charge in [-0.15, -0.1) is 11.3 Å². The van der Waals surface area contributed by atoms with Gasteiger partial charge in [-0.3, -0.25) is 0 Å². The molecule has 0 aliphatic heterocycles. The van der Waals surface area contributed by atoms with Crippen LogP contribution in [0.1, 0.15) is 34.8 Å². The summed E-state index contributed by atoms with van der Waals surface area (Å²) in [6, 6.07) is 6.45. The summed E-state index contributed by atoms with van der Waals surface area (Å²) in [4.78, 5) is 4.39. The summed E-state index contributed by atoms with van der Waals surface area (Å²) in [5.74, 6) is -0.297. The van der Waals surface area contributed by atoms with Crippen LogP contribution in [0.2, 0.25) is 0 Å². The maximum atomic E-state index is 13.6. The van der Waals surface area contributed by atoms with Crippen molar-refractivity contribution in [1.82, 2.24) is 10.3 Å². The summed E-state index contributed by atoms with van der Waals surface area (Å²) >= 11 is 1.58. The smallest absolute Gasteiger partial charge is 0.127 e. The van der Waals surface area contributed by atoms with E-state index in [1.807, 2.05) is 25.3 Å². The van der Waals surface area contributed by atoms with Crippen molar-refractivity contribution in [2.75, 3.05) is 0 Å². The van der Waals surface area contributed by atoms with E-state index in [-0.39, 0.29) is 11.9 Å². The highest BCUT2D eigenvalue weighted by Gasteiger charge is 2.10. The summed E-state index contributed by atoms with van der Waals surface area (Å²) in [5.41, 5.74) is 1.96. The zero-order chi connectivity index (χ0) is 13.8. The standard InChI is InChI=1S/C14H14FN3S/c1-9-8-19-14(18-9)10(2)17-7-12-5-11(6-16)3-4-13(12)15/h3-5,8,10,17H,7H2,1-2H3. The van der Waals surface area contributed by atoms with Crippen molar-refractivity contribution < 1.29 is 4.39 Å². The first-order chi connectivity index (χ1) is 9.10. The highest BCUT2D eigenvalue weighted by Crippen LogP contribution is 2.18. The number of thiazole rings is 1. The average Bonchev–Trinajstić information content (AvgIpc) is 2.84. The van der Waals surface area contributed by atoms with Crippen LogP contribution < -0.4 is 5.32 Å². The number of nitrogens with one attached hydrogen (secondary N) is 1. The Morgan fingerprint density at radius 1 is 1.53 bits per heavy atom. The number of aromatic nitrogens is 1. The van der Waals surface area contributed by atoms with Crippen molar-refractivity contribution in [1.29, 1.82) is 5.26 Å². The molecule has 3 nitrogen and oxygen atoms in total. The molecule has 0 aliphatic carbocycles. The van der Waals surface area contributed by atoms with Gasteiger partial charge in [-0.1, -0.05) is 0 Å². The van der Waals surface area contributed by atoms with Crippen LogP contribution in [0.25, 0.3) is 0 Å². The van der Waals surface area contributed by atoms with Crippen molar-refractivity contribution in [2.24, 2.45) is 0 Å². The minimum Gasteiger partial charge on any atom is -0.304 e. The van der Waals surface area contributed by atoms with Crippen molar-refractivity contribution in [3.05, 3.63) is 51.2 Å². The maximum Gasteiger partial charge on any atom is 0.127 e. The highest BCUT2D eigenvalue weighted by molar-refractivity contribution is 7.09. The van der Waals surface area contributed by atoms with Gasteiger partial charge < -0.3 is 5.32 Å². The topological polar surface area (TPSA) is 48.7 Å². The summed E-state index contributed by atoms with van der Waals surface area (Å²) in [5, 5.41) is 15.0. The molecule has 1 aromatic carbocycles. The lowest BCUT2D eigenvalue weighted by Gasteiger charge is -2.11. The number of nitriles is 1. The number of hydrogen-bond acceptors (Lipinski definition) is 4. The average molecular weight is 275 g/mol. The molecule has 98 valence electrons. The Labute approximate surface area is 115 Å². The quantitative estimate of drug-likeness (QED) is 0.931. The molecule has 1 heterocycles. The van der Waals surface area contributed by atoms with Crippen molar-refractivity contribution in [3.8, 4) is 6.07 Å². The molecular formula is C14H14FN3S. The number of aryl methyl sites for hydroxylation is 1. The summed E-state index contributed by atoms with van der Waals surface area (Å²) < 4.78 is 13.6. The van der Waals surface area contributed by atoms with E-state index in [2.05, 4.69) is 10.3 Å². The van der Waals surface area contributed by atoms with Gasteiger partial charge in [-0.25, -0.2) is 9.37 Å². The molecule has 0 aliphatic rings. The molecule has 0 amide bonds. The fraction of sp³-hybridized carbons (Fsp3) is 0.286. The minimum absolute atomic E-state index is 0.0591. The van der Waals surface area contributed by atoms with Gasteiger partial charge in [0, 0.05) is 23.2 Å². The number of rotatable bonds is 4. The van der Waals surface area contributed by atoms with Crippen molar-refractivity contribution in [2.45, 2.75) is 26.4 Å². The molecule has 0 radical (unpaired) electrons. The molecule has 2 aromatic rings. The lowest BCUT2D eigenvalue weighted by Crippen LogP contribution is -2.18. The van der Waals surface area contributed by atoms with Gasteiger partial charge in [0.15, 0.2) is 0 Å². The van der Waals surface area contributed by atoms with Crippen molar-refractivity contribution >= 4 is 11.3 Å². The fourth-order valence-electron chi connectivity index (χ4n) is 1.70. The molecule has 0 saturated carbocycles. The minimum atomic E-state index is -0.297. The predicted molar refractivity (Wildman–Crippen MR) is 73.2 cm³/mol. The second kappa shape index (κ2) is 5.91. The van der Waals surface area contributed by atoms with E-state index >= 15 is 0 Å². The van der Waals surface area contributed by atoms with E-state index in [9.17, 15) is 4.39 Å². The van der Waals surface area contributed by atoms with Crippen LogP contribution in [-0.2, 0) is 6.54 Å². The highest BCUT2D eigenvalue weighted by atomic mass is 32.1. The third-order valence-corrected chi connectivity index (χ3v) is 3.93. The van der Waals surface area contributed by atoms with E-state index in [1.165, 1.54) is 12.1 Å². The molecular weight excluding hydrogens is 261 g/mol. The maximum absolute atomic E-state index is 13.6. The number of hydrogen-bond donors (Lipinski definition) is 1. The van der Waals surface area contributed by atoms with Crippen LogP contribution in [0.4, 0.5) is 4.39 Å². The van der Waals surface area contributed by atoms with Gasteiger partial charge in [0.2, 0.25) is 0 Å². The molecule has 0 bridgehead atoms. The third kappa shape index (κ3) is 3.37. The van der Waals surface area contributed by atoms with Gasteiger partial charge in [0.1, 0.15) is 10.8 Å². The van der Waals surface area contributed by atoms with E-state index in [4.69, 9.17) is 5.26 Å². The molecule has 5 heteroatoms. The molecule has 0 spiro atoms. The molecule has 0 fully saturated rings. The van der Waals surface area contributed by atoms with E-state index < -0.39 is 0 Å². The zero-order valence-electron chi connectivity index (χ0n) is 10.8. The Morgan fingerprint density at radius 3 is 2.95 bits per heavy atom. The van der Waals surface area contributed by atoms with E-state index in [0.717, 1.165) is 10.7 Å². The van der Waals surface area contributed by atoms with Crippen LogP contribution >= 0.6 is 11.3 Å². The summed E-state index contributed by atoms with van der Waals surface area (Å²) in [7, 11) is 0. The largest absolute Gasteiger partial charge is 0.304 e. The molecule has 1 aromatic heterocycles. The van der Waals surface area contributed by atoms with Crippen LogP contribution in [0, 0.1) is 24.1 Å². The van der Waals surface area contributed by atoms with Crippen LogP contribution in [-0.4, -0.2) is 4.98 Å². The second-order valence-electron chi connectivity index (χ2n) is 4.35. The molecule has 1 N–H and O–H groups in total. The third-order valence-electron chi connectivity index (χ3n) is 2.78. The molecule has 19 heavy (non-hydrogen) atoms. The van der Waals surface area contributed by atoms with Crippen LogP contribution in [0.5, 0.6) is 0 Å². The predicted octanol–water partition coefficient (Wildman–Crippen LogP) is 3.31. The lowest BCUT2D eigenvalue weighted by molar-refractivity contribution is 0.542. The summed E-state index contributed by atoms with van der Waals surface area (Å²) in [6.07, 6.45) is 0. The van der Waals surface area contributed by atoms with Gasteiger partial charge >= 0.3 is 0 Å². The van der Waals surface area contributed by atoms with Gasteiger partial charge in [0.05, 0.1) is 17.7 Å². The zero-order valence-corrected chi connectivity index (χ0v) is 11.6. The number of benzene rings is 1. The van der Waals surface area contributed by atoms with E-state index in [0.29, 0.717) is 17.7 Å². The fourth-order valence-corrected chi connectivity index (χ4v) is 2.53. The normalized spacial score (nSPS) is 12.1. The monoisotopic (exact) mass is 275 g/mol. The van der Waals surface area contributed by atoms with Crippen LogP contribution in [0.15, 0.2) is 23.6 Å². The molecule has 0 saturated heterocycles. The van der Waals surface area contributed by atoms with Gasteiger partial charge in [0.25, 0.3) is 0 Å². The van der Waals surface area contributed by atoms with Gasteiger partial charge in [-0.05, 0) is 32.0 Å². The Bertz CT molecular complexity index is 615. The lowest BCUT2D eigenvalue weighted by atomic mass is 10.1. The SMILES string of the molecule is Cc1csc(C(C)NCc2cc(C#N)ccc2F)n1. The van der Waals surface area contributed by atoms with Crippen molar-refractivity contribution in [3.63, 3.8) is 0 Å². The molecule has 1 unspecified atom stereocenters. The first kappa shape index (κ1) is 13.7. The first-order valence-corrected chi connectivity index (χ1v) is 6.82. The Morgan fingerprint density at radius 2 is 2.32 bits per heavy atom. The second-order valence-corrected chi connectivity index (χ2v) is 5.24.